The average molecular weight is 196 g/mol. The Morgan fingerprint density at radius 2 is 2.00 bits per heavy atom. The molecule has 0 spiro atoms. The van der Waals surface area contributed by atoms with Crippen molar-refractivity contribution in [2.24, 2.45) is 0 Å². The Labute approximate surface area is 73.6 Å². The van der Waals surface area contributed by atoms with Crippen LogP contribution in [0.1, 0.15) is 0 Å². The smallest absolute Gasteiger partial charge is 0.0523 e. The maximum absolute atomic E-state index is 2.26. The van der Waals surface area contributed by atoms with Gasteiger partial charge in [-0.15, -0.1) is 30.9 Å². The molecule has 3 rings (SSSR count). The van der Waals surface area contributed by atoms with Crippen molar-refractivity contribution in [3.8, 4) is 0 Å². The Bertz CT molecular complexity index is 455. The van der Waals surface area contributed by atoms with Gasteiger partial charge in [-0.05, 0) is 22.9 Å². The molecule has 0 aliphatic carbocycles. The first kappa shape index (κ1) is 6.24. The second-order valence-electron chi connectivity index (χ2n) is 2.45. The Hall–Kier alpha value is -0.300. The van der Waals surface area contributed by atoms with Crippen molar-refractivity contribution in [2.75, 3.05) is 0 Å². The van der Waals surface area contributed by atoms with Gasteiger partial charge in [-0.1, -0.05) is 0 Å². The molecule has 0 fully saturated rings. The van der Waals surface area contributed by atoms with Crippen LogP contribution in [0.25, 0.3) is 19.6 Å². The molecule has 3 heteroatoms. The van der Waals surface area contributed by atoms with E-state index in [0.717, 1.165) is 8.19 Å². The first-order valence-corrected chi connectivity index (χ1v) is 6.13. The lowest BCUT2D eigenvalue weighted by Gasteiger charge is -1.72. The molecule has 0 nitrogen and oxygen atoms in total. The summed E-state index contributed by atoms with van der Waals surface area (Å²) in [5.74, 6) is 0. The summed E-state index contributed by atoms with van der Waals surface area (Å²) in [6.07, 6.45) is 0. The zero-order chi connectivity index (χ0) is 7.26. The largest absolute Gasteiger partial charge is 0.143 e. The highest BCUT2D eigenvalue weighted by Crippen LogP contribution is 2.43. The monoisotopic (exact) mass is 196 g/mol. The van der Waals surface area contributed by atoms with E-state index in [2.05, 4.69) is 22.9 Å². The minimum Gasteiger partial charge on any atom is -0.143 e. The highest BCUT2D eigenvalue weighted by atomic mass is 32.1. The first-order valence-electron chi connectivity index (χ1n) is 3.37. The van der Waals surface area contributed by atoms with Crippen LogP contribution in [0.15, 0.2) is 22.9 Å². The number of fused-ring (bicyclic) bond motifs is 3. The van der Waals surface area contributed by atoms with Crippen LogP contribution < -0.4 is 0 Å². The summed E-state index contributed by atoms with van der Waals surface area (Å²) in [4.78, 5) is 0. The minimum absolute atomic E-state index is 0.929. The van der Waals surface area contributed by atoms with Crippen LogP contribution in [0.2, 0.25) is 0 Å². The molecule has 0 N–H and O–H groups in total. The third-order valence-electron chi connectivity index (χ3n) is 1.82. The molecule has 3 aromatic rings. The van der Waals surface area contributed by atoms with Crippen LogP contribution in [0, 0.1) is 0 Å². The van der Waals surface area contributed by atoms with Gasteiger partial charge in [0.15, 0.2) is 0 Å². The Balaban J connectivity index is 2.75. The zero-order valence-corrected chi connectivity index (χ0v) is 8.26. The second-order valence-corrected chi connectivity index (χ2v) is 5.94. The van der Waals surface area contributed by atoms with E-state index in [-0.39, 0.29) is 0 Å². The van der Waals surface area contributed by atoms with Crippen LogP contribution in [-0.4, -0.2) is 0 Å². The lowest BCUT2D eigenvalue weighted by Crippen LogP contribution is -1.43. The third kappa shape index (κ3) is 0.750. The molecule has 1 atom stereocenters. The van der Waals surface area contributed by atoms with Gasteiger partial charge in [-0.3, -0.25) is 0 Å². The number of hydrogen-bond donors (Lipinski definition) is 0. The van der Waals surface area contributed by atoms with Gasteiger partial charge in [-0.25, -0.2) is 0 Å². The molecule has 0 radical (unpaired) electrons. The van der Waals surface area contributed by atoms with Crippen molar-refractivity contribution < 1.29 is 0 Å². The fourth-order valence-electron chi connectivity index (χ4n) is 1.32. The van der Waals surface area contributed by atoms with E-state index in [9.17, 15) is 0 Å². The van der Waals surface area contributed by atoms with E-state index in [1.807, 2.05) is 22.7 Å². The molecular formula is C8H5PS2. The molecule has 0 aliphatic rings. The van der Waals surface area contributed by atoms with Crippen LogP contribution in [0.5, 0.6) is 0 Å². The van der Waals surface area contributed by atoms with Gasteiger partial charge in [0.25, 0.3) is 0 Å². The van der Waals surface area contributed by atoms with Crippen molar-refractivity contribution in [3.63, 3.8) is 0 Å². The SMILES string of the molecule is c1cc2c([pH]c3ccsc32)s1. The molecule has 0 aromatic carbocycles. The zero-order valence-electron chi connectivity index (χ0n) is 5.63. The van der Waals surface area contributed by atoms with Gasteiger partial charge in [0.2, 0.25) is 0 Å². The van der Waals surface area contributed by atoms with Crippen molar-refractivity contribution in [3.05, 3.63) is 22.9 Å². The molecule has 3 aromatic heterocycles. The summed E-state index contributed by atoms with van der Waals surface area (Å²) >= 11 is 3.77. The fraction of sp³-hybridized carbons (Fsp3) is 0. The molecule has 54 valence electrons. The molecule has 0 amide bonds. The Kier molecular flexibility index (Phi) is 1.19. The highest BCUT2D eigenvalue weighted by Gasteiger charge is 2.03. The van der Waals surface area contributed by atoms with Crippen LogP contribution >= 0.6 is 30.9 Å². The Morgan fingerprint density at radius 1 is 1.09 bits per heavy atom. The maximum atomic E-state index is 2.26. The summed E-state index contributed by atoms with van der Waals surface area (Å²) in [6.45, 7) is 0. The normalized spacial score (nSPS) is 12.4. The first-order chi connectivity index (χ1) is 5.45. The topological polar surface area (TPSA) is 0 Å². The second kappa shape index (κ2) is 2.10. The van der Waals surface area contributed by atoms with Crippen molar-refractivity contribution >= 4 is 50.5 Å². The molecule has 11 heavy (non-hydrogen) atoms. The summed E-state index contributed by atoms with van der Waals surface area (Å²) in [5.41, 5.74) is 0. The van der Waals surface area contributed by atoms with Gasteiger partial charge in [0, 0.05) is 15.2 Å². The van der Waals surface area contributed by atoms with E-state index in [0.29, 0.717) is 0 Å². The predicted octanol–water partition coefficient (Wildman–Crippen LogP) is 4.15. The number of hydrogen-bond acceptors (Lipinski definition) is 2. The summed E-state index contributed by atoms with van der Waals surface area (Å²) in [5, 5.41) is 7.44. The maximum Gasteiger partial charge on any atom is 0.0523 e. The molecule has 0 aliphatic heterocycles. The van der Waals surface area contributed by atoms with Gasteiger partial charge in [0.05, 0.1) is 4.43 Å². The van der Waals surface area contributed by atoms with Gasteiger partial charge < -0.3 is 0 Å². The average Bonchev–Trinajstić information content (AvgIpc) is 2.52. The van der Waals surface area contributed by atoms with Crippen molar-refractivity contribution in [1.82, 2.24) is 0 Å². The van der Waals surface area contributed by atoms with Crippen LogP contribution in [-0.2, 0) is 0 Å². The Morgan fingerprint density at radius 3 is 3.00 bits per heavy atom. The van der Waals surface area contributed by atoms with E-state index in [1.165, 1.54) is 10.1 Å². The lowest BCUT2D eigenvalue weighted by atomic mass is 10.4. The van der Waals surface area contributed by atoms with Crippen molar-refractivity contribution in [2.45, 2.75) is 0 Å². The molecule has 1 unspecified atom stereocenters. The minimum atomic E-state index is 0.929. The molecule has 0 saturated carbocycles. The molecule has 0 saturated heterocycles. The van der Waals surface area contributed by atoms with Crippen molar-refractivity contribution in [1.29, 1.82) is 0 Å². The fourth-order valence-corrected chi connectivity index (χ4v) is 5.17. The van der Waals surface area contributed by atoms with E-state index in [1.54, 1.807) is 9.55 Å². The van der Waals surface area contributed by atoms with E-state index >= 15 is 0 Å². The number of thiophene rings is 2. The number of rotatable bonds is 0. The van der Waals surface area contributed by atoms with E-state index < -0.39 is 0 Å². The summed E-state index contributed by atoms with van der Waals surface area (Å²) < 4.78 is 3.09. The third-order valence-corrected chi connectivity index (χ3v) is 5.52. The highest BCUT2D eigenvalue weighted by molar-refractivity contribution is 7.54. The summed E-state index contributed by atoms with van der Waals surface area (Å²) in [6, 6.07) is 4.50. The predicted molar refractivity (Wildman–Crippen MR) is 56.7 cm³/mol. The standard InChI is InChI=1S/C8H5PS2/c1-3-11-8-5(1)7-6(9-8)2-4-10-7/h1-4,9H. The van der Waals surface area contributed by atoms with Gasteiger partial charge >= 0.3 is 0 Å². The lowest BCUT2D eigenvalue weighted by molar-refractivity contribution is 2.22. The van der Waals surface area contributed by atoms with Gasteiger partial charge in [0.1, 0.15) is 0 Å². The summed E-state index contributed by atoms with van der Waals surface area (Å²) in [7, 11) is 0.929. The molecule has 0 bridgehead atoms. The van der Waals surface area contributed by atoms with E-state index in [4.69, 9.17) is 0 Å². The van der Waals surface area contributed by atoms with Crippen LogP contribution in [0.4, 0.5) is 0 Å². The molecule has 3 heterocycles. The quantitative estimate of drug-likeness (QED) is 0.506. The molecular weight excluding hydrogens is 191 g/mol. The van der Waals surface area contributed by atoms with Gasteiger partial charge in [-0.2, -0.15) is 0 Å². The van der Waals surface area contributed by atoms with Crippen LogP contribution in [0.3, 0.4) is 0 Å².